The molecule has 0 saturated carbocycles. The molecule has 3 heterocycles. The number of fused-ring (bicyclic) bond motifs is 1. The number of aromatic nitrogens is 2. The molecule has 1 fully saturated rings. The topological polar surface area (TPSA) is 64.3 Å². The zero-order chi connectivity index (χ0) is 19.1. The van der Waals surface area contributed by atoms with Crippen LogP contribution in [0.15, 0.2) is 39.2 Å². The van der Waals surface area contributed by atoms with E-state index >= 15 is 0 Å². The first kappa shape index (κ1) is 17.7. The highest BCUT2D eigenvalue weighted by atomic mass is 32.1. The zero-order valence-corrected chi connectivity index (χ0v) is 16.2. The van der Waals surface area contributed by atoms with Gasteiger partial charge in [-0.25, -0.2) is 9.36 Å². The molecule has 2 aromatic heterocycles. The van der Waals surface area contributed by atoms with Crippen LogP contribution in [0.4, 0.5) is 0 Å². The quantitative estimate of drug-likeness (QED) is 0.698. The minimum absolute atomic E-state index is 0.0444. The fourth-order valence-corrected chi connectivity index (χ4v) is 4.44. The van der Waals surface area contributed by atoms with Crippen LogP contribution >= 0.6 is 11.3 Å². The fourth-order valence-electron chi connectivity index (χ4n) is 3.61. The van der Waals surface area contributed by atoms with Gasteiger partial charge in [0, 0.05) is 13.1 Å². The smallest absolute Gasteiger partial charge is 0.336 e. The molecule has 0 aliphatic carbocycles. The molecular formula is C20H21N3O3S. The molecule has 1 saturated heterocycles. The van der Waals surface area contributed by atoms with Gasteiger partial charge in [-0.1, -0.05) is 12.1 Å². The third kappa shape index (κ3) is 3.02. The normalized spacial score (nSPS) is 14.2. The van der Waals surface area contributed by atoms with Crippen LogP contribution in [0.25, 0.3) is 15.9 Å². The van der Waals surface area contributed by atoms with E-state index in [2.05, 4.69) is 0 Å². The number of hydrogen-bond acceptors (Lipinski definition) is 4. The van der Waals surface area contributed by atoms with Crippen LogP contribution in [0.3, 0.4) is 0 Å². The molecule has 140 valence electrons. The molecule has 0 bridgehead atoms. The van der Waals surface area contributed by atoms with Crippen LogP contribution < -0.4 is 11.2 Å². The van der Waals surface area contributed by atoms with Gasteiger partial charge < -0.3 is 4.90 Å². The van der Waals surface area contributed by atoms with Gasteiger partial charge in [0.15, 0.2) is 0 Å². The summed E-state index contributed by atoms with van der Waals surface area (Å²) in [6, 6.07) is 7.43. The van der Waals surface area contributed by atoms with Crippen LogP contribution in [0.2, 0.25) is 0 Å². The number of hydrogen-bond donors (Lipinski definition) is 0. The van der Waals surface area contributed by atoms with Gasteiger partial charge in [0.05, 0.1) is 11.2 Å². The maximum atomic E-state index is 13.3. The summed E-state index contributed by atoms with van der Waals surface area (Å²) < 4.78 is 3.14. The Morgan fingerprint density at radius 1 is 1.11 bits per heavy atom. The minimum Gasteiger partial charge on any atom is -0.341 e. The fraction of sp³-hybridized carbons (Fsp3) is 0.350. The third-order valence-electron chi connectivity index (χ3n) is 5.11. The lowest BCUT2D eigenvalue weighted by Gasteiger charge is -2.18. The molecule has 7 heteroatoms. The van der Waals surface area contributed by atoms with Crippen LogP contribution in [-0.2, 0) is 11.3 Å². The molecule has 1 amide bonds. The molecule has 0 radical (unpaired) electrons. The minimum atomic E-state index is -0.466. The highest BCUT2D eigenvalue weighted by molar-refractivity contribution is 7.17. The summed E-state index contributed by atoms with van der Waals surface area (Å²) in [6.07, 6.45) is 1.99. The van der Waals surface area contributed by atoms with Gasteiger partial charge in [-0.05, 0) is 55.3 Å². The van der Waals surface area contributed by atoms with Crippen LogP contribution in [0.1, 0.15) is 24.0 Å². The van der Waals surface area contributed by atoms with Gasteiger partial charge in [-0.2, -0.15) is 0 Å². The molecule has 3 aromatic rings. The molecule has 0 N–H and O–H groups in total. The van der Waals surface area contributed by atoms with E-state index in [0.29, 0.717) is 15.9 Å². The first-order chi connectivity index (χ1) is 13.0. The summed E-state index contributed by atoms with van der Waals surface area (Å²) in [5, 5.41) is 1.79. The highest BCUT2D eigenvalue weighted by Crippen LogP contribution is 2.19. The Morgan fingerprint density at radius 2 is 1.85 bits per heavy atom. The van der Waals surface area contributed by atoms with Crippen molar-refractivity contribution in [2.75, 3.05) is 13.1 Å². The Bertz CT molecular complexity index is 1150. The van der Waals surface area contributed by atoms with Gasteiger partial charge in [0.1, 0.15) is 11.2 Å². The monoisotopic (exact) mass is 383 g/mol. The van der Waals surface area contributed by atoms with Gasteiger partial charge in [0.25, 0.3) is 5.56 Å². The van der Waals surface area contributed by atoms with Crippen molar-refractivity contribution in [3.8, 4) is 5.69 Å². The van der Waals surface area contributed by atoms with E-state index in [0.717, 1.165) is 37.1 Å². The number of benzene rings is 1. The van der Waals surface area contributed by atoms with E-state index in [-0.39, 0.29) is 18.0 Å². The van der Waals surface area contributed by atoms with E-state index in [1.807, 2.05) is 32.0 Å². The van der Waals surface area contributed by atoms with Gasteiger partial charge in [0.2, 0.25) is 5.91 Å². The Balaban J connectivity index is 1.93. The molecule has 27 heavy (non-hydrogen) atoms. The second-order valence-electron chi connectivity index (χ2n) is 7.02. The van der Waals surface area contributed by atoms with E-state index < -0.39 is 5.69 Å². The van der Waals surface area contributed by atoms with Crippen molar-refractivity contribution < 1.29 is 4.79 Å². The SMILES string of the molecule is Cc1ccc(C)c(-n2c(=O)c3sccc3n(CC(=O)N3CCCC3)c2=O)c1. The second kappa shape index (κ2) is 6.81. The van der Waals surface area contributed by atoms with E-state index in [1.54, 1.807) is 16.3 Å². The van der Waals surface area contributed by atoms with Crippen molar-refractivity contribution in [2.45, 2.75) is 33.2 Å². The average molecular weight is 383 g/mol. The van der Waals surface area contributed by atoms with Crippen LogP contribution in [-0.4, -0.2) is 33.0 Å². The Hall–Kier alpha value is -2.67. The number of thiophene rings is 1. The molecule has 0 unspecified atom stereocenters. The lowest BCUT2D eigenvalue weighted by Crippen LogP contribution is -2.42. The van der Waals surface area contributed by atoms with Crippen molar-refractivity contribution in [1.82, 2.24) is 14.0 Å². The molecule has 1 aliphatic rings. The summed E-state index contributed by atoms with van der Waals surface area (Å²) in [5.41, 5.74) is 2.11. The number of rotatable bonds is 3. The number of carbonyl (C=O) groups is 1. The first-order valence-corrected chi connectivity index (χ1v) is 9.94. The second-order valence-corrected chi connectivity index (χ2v) is 7.94. The largest absolute Gasteiger partial charge is 0.341 e. The van der Waals surface area contributed by atoms with Gasteiger partial charge in [-0.3, -0.25) is 14.2 Å². The van der Waals surface area contributed by atoms with Crippen LogP contribution in [0, 0.1) is 13.8 Å². The summed E-state index contributed by atoms with van der Waals surface area (Å²) in [4.78, 5) is 40.8. The van der Waals surface area contributed by atoms with Gasteiger partial charge >= 0.3 is 5.69 Å². The maximum absolute atomic E-state index is 13.3. The average Bonchev–Trinajstić information content (AvgIpc) is 3.33. The van der Waals surface area contributed by atoms with E-state index in [4.69, 9.17) is 0 Å². The molecule has 1 aliphatic heterocycles. The molecule has 1 aromatic carbocycles. The van der Waals surface area contributed by atoms with Gasteiger partial charge in [-0.15, -0.1) is 11.3 Å². The van der Waals surface area contributed by atoms with Crippen molar-refractivity contribution in [3.05, 3.63) is 61.6 Å². The first-order valence-electron chi connectivity index (χ1n) is 9.06. The van der Waals surface area contributed by atoms with E-state index in [1.165, 1.54) is 20.5 Å². The number of carbonyl (C=O) groups excluding carboxylic acids is 1. The standard InChI is InChI=1S/C20H21N3O3S/c1-13-5-6-14(2)16(11-13)23-19(25)18-15(7-10-27-18)22(20(23)26)12-17(24)21-8-3-4-9-21/h5-7,10-11H,3-4,8-9,12H2,1-2H3. The summed E-state index contributed by atoms with van der Waals surface area (Å²) in [7, 11) is 0. The van der Waals surface area contributed by atoms with Crippen LogP contribution in [0.5, 0.6) is 0 Å². The molecule has 4 rings (SSSR count). The van der Waals surface area contributed by atoms with Crippen molar-refractivity contribution in [1.29, 1.82) is 0 Å². The molecule has 0 atom stereocenters. The number of likely N-dealkylation sites (tertiary alicyclic amines) is 1. The molecule has 6 nitrogen and oxygen atoms in total. The Labute approximate surface area is 160 Å². The Kier molecular flexibility index (Phi) is 4.47. The lowest BCUT2D eigenvalue weighted by atomic mass is 10.1. The summed E-state index contributed by atoms with van der Waals surface area (Å²) in [6.45, 7) is 5.22. The zero-order valence-electron chi connectivity index (χ0n) is 15.4. The number of aryl methyl sites for hydroxylation is 2. The van der Waals surface area contributed by atoms with Crippen molar-refractivity contribution in [2.24, 2.45) is 0 Å². The van der Waals surface area contributed by atoms with Crippen molar-refractivity contribution in [3.63, 3.8) is 0 Å². The number of nitrogens with zero attached hydrogens (tertiary/aromatic N) is 3. The maximum Gasteiger partial charge on any atom is 0.336 e. The molecule has 0 spiro atoms. The number of amides is 1. The molecular weight excluding hydrogens is 362 g/mol. The summed E-state index contributed by atoms with van der Waals surface area (Å²) >= 11 is 1.30. The summed E-state index contributed by atoms with van der Waals surface area (Å²) in [5.74, 6) is -0.0757. The van der Waals surface area contributed by atoms with E-state index in [9.17, 15) is 14.4 Å². The lowest BCUT2D eigenvalue weighted by molar-refractivity contribution is -0.130. The predicted molar refractivity (Wildman–Crippen MR) is 107 cm³/mol. The highest BCUT2D eigenvalue weighted by Gasteiger charge is 2.22. The Morgan fingerprint density at radius 3 is 2.59 bits per heavy atom. The van der Waals surface area contributed by atoms with Crippen molar-refractivity contribution >= 4 is 27.5 Å². The predicted octanol–water partition coefficient (Wildman–Crippen LogP) is 2.45. The third-order valence-corrected chi connectivity index (χ3v) is 6.00.